The molecule has 0 saturated carbocycles. The monoisotopic (exact) mass is 224 g/mol. The lowest BCUT2D eigenvalue weighted by Gasteiger charge is -2.08. The van der Waals surface area contributed by atoms with Crippen molar-refractivity contribution in [2.75, 3.05) is 19.3 Å². The molecule has 2 nitrogen and oxygen atoms in total. The van der Waals surface area contributed by atoms with E-state index in [1.165, 1.54) is 12.1 Å². The Morgan fingerprint density at radius 3 is 2.93 bits per heavy atom. The van der Waals surface area contributed by atoms with Crippen LogP contribution in [0.3, 0.4) is 0 Å². The fourth-order valence-electron chi connectivity index (χ4n) is 1.31. The van der Waals surface area contributed by atoms with Gasteiger partial charge in [-0.1, -0.05) is 13.0 Å². The highest BCUT2D eigenvalue weighted by molar-refractivity contribution is 7.99. The molecule has 0 amide bonds. The number of nitrogens with one attached hydrogen (secondary N) is 1. The highest BCUT2D eigenvalue weighted by Gasteiger charge is 1.98. The van der Waals surface area contributed by atoms with Crippen molar-refractivity contribution in [2.24, 2.45) is 0 Å². The second-order valence-corrected chi connectivity index (χ2v) is 4.93. The highest BCUT2D eigenvalue weighted by Crippen LogP contribution is 2.07. The molecular formula is C12H20N2S. The number of nitrogens with zero attached hydrogens (tertiary/aromatic N) is 1. The molecule has 1 rings (SSSR count). The summed E-state index contributed by atoms with van der Waals surface area (Å²) in [4.78, 5) is 4.28. The second-order valence-electron chi connectivity index (χ2n) is 3.66. The van der Waals surface area contributed by atoms with E-state index in [1.54, 1.807) is 0 Å². The number of rotatable bonds is 7. The van der Waals surface area contributed by atoms with Gasteiger partial charge in [0.1, 0.15) is 0 Å². The standard InChI is InChI=1S/C12H20N2S/c1-11(15-2)6-9-13-10-7-12-5-3-4-8-14-12/h3-5,8,11,13H,6-7,9-10H2,1-2H3. The number of pyridine rings is 1. The minimum Gasteiger partial charge on any atom is -0.316 e. The van der Waals surface area contributed by atoms with Gasteiger partial charge in [0.25, 0.3) is 0 Å². The third-order valence-electron chi connectivity index (χ3n) is 2.41. The molecular weight excluding hydrogens is 204 g/mol. The van der Waals surface area contributed by atoms with Crippen molar-refractivity contribution in [1.82, 2.24) is 10.3 Å². The predicted molar refractivity (Wildman–Crippen MR) is 68.4 cm³/mol. The van der Waals surface area contributed by atoms with Crippen LogP contribution in [0.2, 0.25) is 0 Å². The Kier molecular flexibility index (Phi) is 6.44. The molecule has 1 aromatic rings. The van der Waals surface area contributed by atoms with E-state index in [1.807, 2.05) is 30.1 Å². The molecule has 0 spiro atoms. The van der Waals surface area contributed by atoms with E-state index in [-0.39, 0.29) is 0 Å². The smallest absolute Gasteiger partial charge is 0.0416 e. The maximum atomic E-state index is 4.28. The van der Waals surface area contributed by atoms with Gasteiger partial charge in [-0.3, -0.25) is 4.98 Å². The summed E-state index contributed by atoms with van der Waals surface area (Å²) in [5, 5.41) is 4.20. The van der Waals surface area contributed by atoms with Crippen LogP contribution < -0.4 is 5.32 Å². The first-order valence-electron chi connectivity index (χ1n) is 5.46. The van der Waals surface area contributed by atoms with Crippen molar-refractivity contribution in [3.05, 3.63) is 30.1 Å². The molecule has 0 aliphatic heterocycles. The molecule has 84 valence electrons. The zero-order valence-corrected chi connectivity index (χ0v) is 10.4. The van der Waals surface area contributed by atoms with Gasteiger partial charge in [-0.15, -0.1) is 0 Å². The second kappa shape index (κ2) is 7.71. The number of aromatic nitrogens is 1. The number of hydrogen-bond donors (Lipinski definition) is 1. The Bertz CT molecular complexity index is 251. The Morgan fingerprint density at radius 2 is 2.27 bits per heavy atom. The molecule has 0 saturated heterocycles. The zero-order chi connectivity index (χ0) is 10.9. The first-order chi connectivity index (χ1) is 7.33. The summed E-state index contributed by atoms with van der Waals surface area (Å²) in [5.74, 6) is 0. The molecule has 0 bridgehead atoms. The van der Waals surface area contributed by atoms with Crippen LogP contribution >= 0.6 is 11.8 Å². The van der Waals surface area contributed by atoms with Crippen LogP contribution in [0.25, 0.3) is 0 Å². The SMILES string of the molecule is CSC(C)CCNCCc1ccccn1. The predicted octanol–water partition coefficient (Wildman–Crippen LogP) is 2.36. The Hall–Kier alpha value is -0.540. The van der Waals surface area contributed by atoms with Crippen molar-refractivity contribution < 1.29 is 0 Å². The maximum absolute atomic E-state index is 4.28. The van der Waals surface area contributed by atoms with Crippen molar-refractivity contribution in [3.63, 3.8) is 0 Å². The van der Waals surface area contributed by atoms with Crippen LogP contribution in [-0.2, 0) is 6.42 Å². The van der Waals surface area contributed by atoms with Gasteiger partial charge >= 0.3 is 0 Å². The zero-order valence-electron chi connectivity index (χ0n) is 9.57. The van der Waals surface area contributed by atoms with Crippen molar-refractivity contribution >= 4 is 11.8 Å². The fraction of sp³-hybridized carbons (Fsp3) is 0.583. The summed E-state index contributed by atoms with van der Waals surface area (Å²) < 4.78 is 0. The summed E-state index contributed by atoms with van der Waals surface area (Å²) in [5.41, 5.74) is 1.17. The third kappa shape index (κ3) is 5.80. The lowest BCUT2D eigenvalue weighted by molar-refractivity contribution is 0.642. The van der Waals surface area contributed by atoms with Crippen LogP contribution in [0.15, 0.2) is 24.4 Å². The minimum atomic E-state index is 0.757. The van der Waals surface area contributed by atoms with Crippen LogP contribution in [-0.4, -0.2) is 29.6 Å². The van der Waals surface area contributed by atoms with Gasteiger partial charge in [-0.25, -0.2) is 0 Å². The van der Waals surface area contributed by atoms with Gasteiger partial charge in [0.15, 0.2) is 0 Å². The van der Waals surface area contributed by atoms with E-state index in [9.17, 15) is 0 Å². The minimum absolute atomic E-state index is 0.757. The molecule has 0 aliphatic rings. The van der Waals surface area contributed by atoms with Gasteiger partial charge in [0.05, 0.1) is 0 Å². The highest BCUT2D eigenvalue weighted by atomic mass is 32.2. The number of thioether (sulfide) groups is 1. The van der Waals surface area contributed by atoms with Gasteiger partial charge < -0.3 is 5.32 Å². The molecule has 1 unspecified atom stereocenters. The third-order valence-corrected chi connectivity index (χ3v) is 3.45. The molecule has 0 radical (unpaired) electrons. The van der Waals surface area contributed by atoms with Crippen LogP contribution in [0.5, 0.6) is 0 Å². The van der Waals surface area contributed by atoms with Gasteiger partial charge in [0, 0.05) is 30.1 Å². The first-order valence-corrected chi connectivity index (χ1v) is 6.75. The summed E-state index contributed by atoms with van der Waals surface area (Å²) in [6.45, 7) is 4.40. The van der Waals surface area contributed by atoms with Crippen molar-refractivity contribution in [3.8, 4) is 0 Å². The number of hydrogen-bond acceptors (Lipinski definition) is 3. The van der Waals surface area contributed by atoms with E-state index in [4.69, 9.17) is 0 Å². The van der Waals surface area contributed by atoms with Crippen LogP contribution in [0.1, 0.15) is 19.0 Å². The quantitative estimate of drug-likeness (QED) is 0.720. The van der Waals surface area contributed by atoms with Crippen LogP contribution in [0, 0.1) is 0 Å². The van der Waals surface area contributed by atoms with Gasteiger partial charge in [0.2, 0.25) is 0 Å². The summed E-state index contributed by atoms with van der Waals surface area (Å²) in [6.07, 6.45) is 6.28. The largest absolute Gasteiger partial charge is 0.316 e. The summed E-state index contributed by atoms with van der Waals surface area (Å²) in [7, 11) is 0. The lowest BCUT2D eigenvalue weighted by Crippen LogP contribution is -2.21. The molecule has 0 aromatic carbocycles. The van der Waals surface area contributed by atoms with Crippen molar-refractivity contribution in [2.45, 2.75) is 25.0 Å². The van der Waals surface area contributed by atoms with Crippen molar-refractivity contribution in [1.29, 1.82) is 0 Å². The lowest BCUT2D eigenvalue weighted by atomic mass is 10.2. The normalized spacial score (nSPS) is 12.7. The average Bonchev–Trinajstić information content (AvgIpc) is 2.29. The Labute approximate surface area is 96.9 Å². The first kappa shape index (κ1) is 12.5. The van der Waals surface area contributed by atoms with E-state index < -0.39 is 0 Å². The Balaban J connectivity index is 2.03. The summed E-state index contributed by atoms with van der Waals surface area (Å²) in [6, 6.07) is 6.07. The van der Waals surface area contributed by atoms with Gasteiger partial charge in [-0.2, -0.15) is 11.8 Å². The average molecular weight is 224 g/mol. The molecule has 0 aliphatic carbocycles. The summed E-state index contributed by atoms with van der Waals surface area (Å²) >= 11 is 1.93. The Morgan fingerprint density at radius 1 is 1.40 bits per heavy atom. The molecule has 1 N–H and O–H groups in total. The molecule has 3 heteroatoms. The van der Waals surface area contributed by atoms with E-state index >= 15 is 0 Å². The van der Waals surface area contributed by atoms with Crippen LogP contribution in [0.4, 0.5) is 0 Å². The maximum Gasteiger partial charge on any atom is 0.0416 e. The molecule has 1 aromatic heterocycles. The molecule has 1 heterocycles. The molecule has 15 heavy (non-hydrogen) atoms. The van der Waals surface area contributed by atoms with Gasteiger partial charge in [-0.05, 0) is 31.4 Å². The van der Waals surface area contributed by atoms with E-state index in [0.717, 1.165) is 24.8 Å². The van der Waals surface area contributed by atoms with E-state index in [0.29, 0.717) is 0 Å². The van der Waals surface area contributed by atoms with E-state index in [2.05, 4.69) is 29.5 Å². The topological polar surface area (TPSA) is 24.9 Å². The molecule has 0 fully saturated rings. The molecule has 1 atom stereocenters. The fourth-order valence-corrected chi connectivity index (χ4v) is 1.66.